The van der Waals surface area contributed by atoms with Gasteiger partial charge in [-0.05, 0) is 12.3 Å². The Morgan fingerprint density at radius 3 is 2.79 bits per heavy atom. The van der Waals surface area contributed by atoms with Crippen LogP contribution < -0.4 is 5.32 Å². The predicted octanol–water partition coefficient (Wildman–Crippen LogP) is 1.67. The molecule has 80 valence electrons. The van der Waals surface area contributed by atoms with Gasteiger partial charge in [-0.25, -0.2) is 4.79 Å². The number of hydrogen-bond acceptors (Lipinski definition) is 3. The molecular weight excluding hydrogens is 297 g/mol. The second kappa shape index (κ2) is 4.65. The minimum Gasteiger partial charge on any atom is -0.441 e. The number of hydrogen-bond donors (Lipinski definition) is 1. The zero-order valence-electron chi connectivity index (χ0n) is 7.87. The van der Waals surface area contributed by atoms with Crippen molar-refractivity contribution in [3.63, 3.8) is 0 Å². The first-order valence-electron chi connectivity index (χ1n) is 4.93. The molecule has 14 heavy (non-hydrogen) atoms. The molecular formula is C9H14INO3. The van der Waals surface area contributed by atoms with Crippen molar-refractivity contribution in [2.45, 2.75) is 29.4 Å². The van der Waals surface area contributed by atoms with Crippen LogP contribution in [0.2, 0.25) is 0 Å². The zero-order chi connectivity index (χ0) is 9.97. The van der Waals surface area contributed by atoms with Gasteiger partial charge in [-0.3, -0.25) is 0 Å². The highest BCUT2D eigenvalue weighted by molar-refractivity contribution is 14.1. The van der Waals surface area contributed by atoms with Gasteiger partial charge >= 0.3 is 6.09 Å². The third-order valence-electron chi connectivity index (χ3n) is 2.39. The van der Waals surface area contributed by atoms with Crippen molar-refractivity contribution in [3.8, 4) is 0 Å². The molecule has 1 atom stereocenters. The Hall–Kier alpha value is -0.0400. The first-order valence-corrected chi connectivity index (χ1v) is 6.17. The number of alkyl carbamates (subject to hydrolysis) is 1. The summed E-state index contributed by atoms with van der Waals surface area (Å²) in [4.78, 5) is 11.3. The van der Waals surface area contributed by atoms with Crippen LogP contribution in [-0.4, -0.2) is 29.5 Å². The largest absolute Gasteiger partial charge is 0.441 e. The number of halogens is 1. The molecule has 1 heterocycles. The highest BCUT2D eigenvalue weighted by Crippen LogP contribution is 2.34. The number of carbonyl (C=O) groups excluding carboxylic acids is 1. The Kier molecular flexibility index (Phi) is 3.48. The minimum atomic E-state index is -0.307. The number of rotatable bonds is 4. The first-order chi connectivity index (χ1) is 6.74. The van der Waals surface area contributed by atoms with Crippen molar-refractivity contribution in [1.29, 1.82) is 0 Å². The fraction of sp³-hybridized carbons (Fsp3) is 0.889. The van der Waals surface area contributed by atoms with E-state index in [0.29, 0.717) is 13.2 Å². The maximum absolute atomic E-state index is 11.3. The van der Waals surface area contributed by atoms with Gasteiger partial charge in [0.2, 0.25) is 0 Å². The third-order valence-corrected chi connectivity index (χ3v) is 3.21. The summed E-state index contributed by atoms with van der Waals surface area (Å²) >= 11 is 2.25. The summed E-state index contributed by atoms with van der Waals surface area (Å²) in [5.41, 5.74) is 0. The Balaban J connectivity index is 1.59. The van der Waals surface area contributed by atoms with Gasteiger partial charge in [-0.15, -0.1) is 0 Å². The van der Waals surface area contributed by atoms with Crippen LogP contribution in [0.25, 0.3) is 0 Å². The number of alkyl halides is 1. The van der Waals surface area contributed by atoms with Crippen molar-refractivity contribution < 1.29 is 14.3 Å². The van der Waals surface area contributed by atoms with E-state index < -0.39 is 0 Å². The van der Waals surface area contributed by atoms with E-state index in [1.807, 2.05) is 0 Å². The lowest BCUT2D eigenvalue weighted by Gasteiger charge is -2.26. The van der Waals surface area contributed by atoms with Crippen molar-refractivity contribution >= 4 is 28.7 Å². The molecule has 1 saturated carbocycles. The minimum absolute atomic E-state index is 0.0282. The normalized spacial score (nSPS) is 23.8. The molecule has 2 rings (SSSR count). The molecule has 1 unspecified atom stereocenters. The van der Waals surface area contributed by atoms with Gasteiger partial charge < -0.3 is 14.8 Å². The maximum atomic E-state index is 11.3. The smallest absolute Gasteiger partial charge is 0.408 e. The van der Waals surface area contributed by atoms with Gasteiger partial charge in [0.15, 0.2) is 6.10 Å². The Bertz CT molecular complexity index is 216. The molecule has 5 heteroatoms. The summed E-state index contributed by atoms with van der Waals surface area (Å²) in [5, 5.41) is 2.82. The molecule has 1 saturated heterocycles. The standard InChI is InChI=1S/C9H14INO3/c10-8(3-6-1-2-6)11-9(12)14-7-4-13-5-7/h6-8H,1-5H2,(H,11,12). The molecule has 0 spiro atoms. The molecule has 2 aliphatic rings. The fourth-order valence-electron chi connectivity index (χ4n) is 1.30. The predicted molar refractivity (Wildman–Crippen MR) is 59.4 cm³/mol. The van der Waals surface area contributed by atoms with Gasteiger partial charge in [0, 0.05) is 0 Å². The van der Waals surface area contributed by atoms with Crippen molar-refractivity contribution in [2.24, 2.45) is 5.92 Å². The van der Waals surface area contributed by atoms with Crippen LogP contribution in [-0.2, 0) is 9.47 Å². The topological polar surface area (TPSA) is 47.6 Å². The van der Waals surface area contributed by atoms with Crippen LogP contribution in [0.1, 0.15) is 19.3 Å². The second-order valence-electron chi connectivity index (χ2n) is 3.86. The summed E-state index contributed by atoms with van der Waals surface area (Å²) in [6.45, 7) is 1.09. The summed E-state index contributed by atoms with van der Waals surface area (Å²) in [7, 11) is 0. The number of amides is 1. The van der Waals surface area contributed by atoms with Crippen LogP contribution in [0, 0.1) is 5.92 Å². The summed E-state index contributed by atoms with van der Waals surface area (Å²) in [6.07, 6.45) is 3.36. The average Bonchev–Trinajstić information content (AvgIpc) is 2.80. The van der Waals surface area contributed by atoms with Crippen molar-refractivity contribution in [1.82, 2.24) is 5.32 Å². The molecule has 0 bridgehead atoms. The van der Waals surface area contributed by atoms with Crippen molar-refractivity contribution in [3.05, 3.63) is 0 Å². The van der Waals surface area contributed by atoms with E-state index in [1.54, 1.807) is 0 Å². The highest BCUT2D eigenvalue weighted by atomic mass is 127. The Morgan fingerprint density at radius 2 is 2.29 bits per heavy atom. The van der Waals surface area contributed by atoms with Crippen LogP contribution in [0.3, 0.4) is 0 Å². The molecule has 0 aromatic rings. The lowest BCUT2D eigenvalue weighted by Crippen LogP contribution is -2.42. The van der Waals surface area contributed by atoms with Gasteiger partial charge in [-0.2, -0.15) is 0 Å². The molecule has 0 radical (unpaired) electrons. The first kappa shape index (κ1) is 10.5. The summed E-state index contributed by atoms with van der Waals surface area (Å²) in [6, 6.07) is 0. The van der Waals surface area contributed by atoms with E-state index in [4.69, 9.17) is 9.47 Å². The number of ether oxygens (including phenoxy) is 2. The van der Waals surface area contributed by atoms with Crippen LogP contribution >= 0.6 is 22.6 Å². The Labute approximate surface area is 96.8 Å². The number of nitrogens with one attached hydrogen (secondary N) is 1. The SMILES string of the molecule is O=C(NC(I)CC1CC1)OC1COC1. The molecule has 1 aliphatic carbocycles. The van der Waals surface area contributed by atoms with Crippen LogP contribution in [0.4, 0.5) is 4.79 Å². The summed E-state index contributed by atoms with van der Waals surface area (Å²) in [5.74, 6) is 0.823. The molecule has 0 aromatic carbocycles. The molecule has 4 nitrogen and oxygen atoms in total. The Morgan fingerprint density at radius 1 is 1.57 bits per heavy atom. The van der Waals surface area contributed by atoms with Crippen LogP contribution in [0.5, 0.6) is 0 Å². The van der Waals surface area contributed by atoms with E-state index in [9.17, 15) is 4.79 Å². The molecule has 0 aromatic heterocycles. The van der Waals surface area contributed by atoms with Crippen LogP contribution in [0.15, 0.2) is 0 Å². The van der Waals surface area contributed by atoms with Gasteiger partial charge in [-0.1, -0.05) is 35.4 Å². The monoisotopic (exact) mass is 311 g/mol. The van der Waals surface area contributed by atoms with Gasteiger partial charge in [0.05, 0.1) is 17.3 Å². The molecule has 1 N–H and O–H groups in total. The van der Waals surface area contributed by atoms with E-state index in [0.717, 1.165) is 12.3 Å². The number of carbonyl (C=O) groups is 1. The average molecular weight is 311 g/mol. The molecule has 1 aliphatic heterocycles. The van der Waals surface area contributed by atoms with Gasteiger partial charge in [0.25, 0.3) is 0 Å². The third kappa shape index (κ3) is 3.27. The lowest BCUT2D eigenvalue weighted by atomic mass is 10.3. The van der Waals surface area contributed by atoms with Gasteiger partial charge in [0.1, 0.15) is 0 Å². The fourth-order valence-corrected chi connectivity index (χ4v) is 2.27. The lowest BCUT2D eigenvalue weighted by molar-refractivity contribution is -0.0980. The maximum Gasteiger partial charge on any atom is 0.408 e. The second-order valence-corrected chi connectivity index (χ2v) is 5.36. The van der Waals surface area contributed by atoms with Crippen molar-refractivity contribution in [2.75, 3.05) is 13.2 Å². The molecule has 1 amide bonds. The molecule has 2 fully saturated rings. The van der Waals surface area contributed by atoms with E-state index in [1.165, 1.54) is 12.8 Å². The van der Waals surface area contributed by atoms with E-state index in [-0.39, 0.29) is 16.2 Å². The van der Waals surface area contributed by atoms with E-state index in [2.05, 4.69) is 27.9 Å². The highest BCUT2D eigenvalue weighted by Gasteiger charge is 2.27. The van der Waals surface area contributed by atoms with E-state index >= 15 is 0 Å². The quantitative estimate of drug-likeness (QED) is 0.488. The zero-order valence-corrected chi connectivity index (χ0v) is 10.0. The summed E-state index contributed by atoms with van der Waals surface area (Å²) < 4.78 is 10.2.